The fourth-order valence-electron chi connectivity index (χ4n) is 1.22. The molecular formula is C7H11NO3. The maximum atomic E-state index is 10.5. The van der Waals surface area contributed by atoms with Gasteiger partial charge in [0.25, 0.3) is 0 Å². The predicted octanol–water partition coefficient (Wildman–Crippen LogP) is -0.0143. The average Bonchev–Trinajstić information content (AvgIpc) is 1.75. The van der Waals surface area contributed by atoms with Gasteiger partial charge in [-0.1, -0.05) is 0 Å². The van der Waals surface area contributed by atoms with Crippen LogP contribution in [-0.4, -0.2) is 23.0 Å². The van der Waals surface area contributed by atoms with E-state index >= 15 is 0 Å². The van der Waals surface area contributed by atoms with E-state index in [0.717, 1.165) is 0 Å². The summed E-state index contributed by atoms with van der Waals surface area (Å²) in [7, 11) is 0. The van der Waals surface area contributed by atoms with Crippen LogP contribution < -0.4 is 5.32 Å². The first-order valence-corrected chi connectivity index (χ1v) is 3.59. The van der Waals surface area contributed by atoms with Gasteiger partial charge in [-0.15, -0.1) is 0 Å². The van der Waals surface area contributed by atoms with E-state index in [1.165, 1.54) is 6.92 Å². The molecule has 4 heteroatoms. The fraction of sp³-hybridized carbons (Fsp3) is 0.714. The second kappa shape index (κ2) is 2.90. The standard InChI is InChI=1S/C7H11NO3/c1-4(9)8-6-2-5(3-6)7(10)11/h5-6H,2-3H2,1H3,(H,8,9)(H,10,11)/t5-,6-. The van der Waals surface area contributed by atoms with Gasteiger partial charge in [-0.3, -0.25) is 9.59 Å². The smallest absolute Gasteiger partial charge is 0.306 e. The molecule has 4 nitrogen and oxygen atoms in total. The summed E-state index contributed by atoms with van der Waals surface area (Å²) in [5.74, 6) is -1.09. The van der Waals surface area contributed by atoms with Crippen molar-refractivity contribution in [3.8, 4) is 0 Å². The summed E-state index contributed by atoms with van der Waals surface area (Å²) in [6, 6.07) is 0.0913. The van der Waals surface area contributed by atoms with E-state index in [0.29, 0.717) is 12.8 Å². The van der Waals surface area contributed by atoms with Gasteiger partial charge in [0.2, 0.25) is 5.91 Å². The van der Waals surface area contributed by atoms with Crippen molar-refractivity contribution in [3.63, 3.8) is 0 Å². The number of nitrogens with one attached hydrogen (secondary N) is 1. The van der Waals surface area contributed by atoms with Gasteiger partial charge in [-0.25, -0.2) is 0 Å². The quantitative estimate of drug-likeness (QED) is 0.592. The molecule has 0 heterocycles. The molecule has 0 unspecified atom stereocenters. The maximum absolute atomic E-state index is 10.5. The Balaban J connectivity index is 2.19. The predicted molar refractivity (Wildman–Crippen MR) is 38.0 cm³/mol. The molecule has 0 bridgehead atoms. The molecule has 1 rings (SSSR count). The summed E-state index contributed by atoms with van der Waals surface area (Å²) in [6.45, 7) is 1.44. The molecule has 62 valence electrons. The molecule has 0 aromatic heterocycles. The molecule has 1 saturated carbocycles. The van der Waals surface area contributed by atoms with Crippen LogP contribution in [0.2, 0.25) is 0 Å². The first-order chi connectivity index (χ1) is 5.09. The summed E-state index contributed by atoms with van der Waals surface area (Å²) >= 11 is 0. The van der Waals surface area contributed by atoms with Gasteiger partial charge in [0, 0.05) is 13.0 Å². The van der Waals surface area contributed by atoms with Crippen molar-refractivity contribution >= 4 is 11.9 Å². The number of rotatable bonds is 2. The SMILES string of the molecule is CC(=O)N[C@H]1C[C@H](C(=O)O)C1. The third-order valence-electron chi connectivity index (χ3n) is 1.89. The third kappa shape index (κ3) is 1.93. The summed E-state index contributed by atoms with van der Waals surface area (Å²) in [5.41, 5.74) is 0. The van der Waals surface area contributed by atoms with Crippen LogP contribution in [0.1, 0.15) is 19.8 Å². The fourth-order valence-corrected chi connectivity index (χ4v) is 1.22. The Morgan fingerprint density at radius 1 is 1.45 bits per heavy atom. The molecule has 0 atom stereocenters. The van der Waals surface area contributed by atoms with Crippen LogP contribution in [0.3, 0.4) is 0 Å². The number of carboxylic acid groups (broad SMARTS) is 1. The van der Waals surface area contributed by atoms with Gasteiger partial charge in [-0.2, -0.15) is 0 Å². The van der Waals surface area contributed by atoms with Crippen LogP contribution in [0.25, 0.3) is 0 Å². The molecule has 1 amide bonds. The lowest BCUT2D eigenvalue weighted by Crippen LogP contribution is -2.45. The summed E-state index contributed by atoms with van der Waals surface area (Å²) in [4.78, 5) is 20.8. The highest BCUT2D eigenvalue weighted by Gasteiger charge is 2.34. The number of aliphatic carboxylic acids is 1. The second-order valence-corrected chi connectivity index (χ2v) is 2.90. The Morgan fingerprint density at radius 3 is 2.36 bits per heavy atom. The summed E-state index contributed by atoms with van der Waals surface area (Å²) in [5, 5.41) is 11.1. The monoisotopic (exact) mass is 157 g/mol. The summed E-state index contributed by atoms with van der Waals surface area (Å²) in [6.07, 6.45) is 1.16. The zero-order valence-electron chi connectivity index (χ0n) is 6.33. The zero-order chi connectivity index (χ0) is 8.43. The Hall–Kier alpha value is -1.06. The highest BCUT2D eigenvalue weighted by Crippen LogP contribution is 2.27. The second-order valence-electron chi connectivity index (χ2n) is 2.90. The molecular weight excluding hydrogens is 146 g/mol. The number of carboxylic acids is 1. The lowest BCUT2D eigenvalue weighted by molar-refractivity contribution is -0.146. The number of hydrogen-bond donors (Lipinski definition) is 2. The van der Waals surface area contributed by atoms with E-state index in [1.807, 2.05) is 0 Å². The average molecular weight is 157 g/mol. The number of carbonyl (C=O) groups excluding carboxylic acids is 1. The lowest BCUT2D eigenvalue weighted by Gasteiger charge is -2.32. The Labute approximate surface area is 64.6 Å². The maximum Gasteiger partial charge on any atom is 0.306 e. The van der Waals surface area contributed by atoms with Crippen molar-refractivity contribution in [2.75, 3.05) is 0 Å². The molecule has 0 radical (unpaired) electrons. The van der Waals surface area contributed by atoms with Gasteiger partial charge >= 0.3 is 5.97 Å². The first kappa shape index (κ1) is 8.04. The molecule has 0 spiro atoms. The molecule has 0 saturated heterocycles. The Morgan fingerprint density at radius 2 is 2.00 bits per heavy atom. The molecule has 0 aromatic rings. The van der Waals surface area contributed by atoms with Crippen LogP contribution in [0.4, 0.5) is 0 Å². The van der Waals surface area contributed by atoms with Crippen LogP contribution in [0.5, 0.6) is 0 Å². The highest BCUT2D eigenvalue weighted by molar-refractivity contribution is 5.75. The van der Waals surface area contributed by atoms with Gasteiger partial charge in [0.1, 0.15) is 0 Å². The largest absolute Gasteiger partial charge is 0.481 e. The number of amides is 1. The van der Waals surface area contributed by atoms with Crippen molar-refractivity contribution < 1.29 is 14.7 Å². The van der Waals surface area contributed by atoms with Gasteiger partial charge in [-0.05, 0) is 12.8 Å². The molecule has 0 aromatic carbocycles. The minimum absolute atomic E-state index is 0.0844. The zero-order valence-corrected chi connectivity index (χ0v) is 6.33. The Bertz CT molecular complexity index is 184. The third-order valence-corrected chi connectivity index (χ3v) is 1.89. The topological polar surface area (TPSA) is 66.4 Å². The van der Waals surface area contributed by atoms with Crippen molar-refractivity contribution in [1.29, 1.82) is 0 Å². The van der Waals surface area contributed by atoms with E-state index in [9.17, 15) is 9.59 Å². The molecule has 1 aliphatic rings. The molecule has 1 fully saturated rings. The number of hydrogen-bond acceptors (Lipinski definition) is 2. The van der Waals surface area contributed by atoms with Crippen LogP contribution in [-0.2, 0) is 9.59 Å². The van der Waals surface area contributed by atoms with Crippen LogP contribution >= 0.6 is 0 Å². The van der Waals surface area contributed by atoms with E-state index in [-0.39, 0.29) is 17.9 Å². The summed E-state index contributed by atoms with van der Waals surface area (Å²) < 4.78 is 0. The van der Waals surface area contributed by atoms with Gasteiger partial charge in [0.05, 0.1) is 5.92 Å². The van der Waals surface area contributed by atoms with Crippen molar-refractivity contribution in [2.24, 2.45) is 5.92 Å². The minimum atomic E-state index is -0.758. The van der Waals surface area contributed by atoms with E-state index in [1.54, 1.807) is 0 Å². The normalized spacial score (nSPS) is 28.8. The lowest BCUT2D eigenvalue weighted by atomic mass is 9.80. The van der Waals surface area contributed by atoms with Gasteiger partial charge in [0.15, 0.2) is 0 Å². The van der Waals surface area contributed by atoms with Gasteiger partial charge < -0.3 is 10.4 Å². The Kier molecular flexibility index (Phi) is 2.12. The van der Waals surface area contributed by atoms with E-state index < -0.39 is 5.97 Å². The number of carbonyl (C=O) groups is 2. The van der Waals surface area contributed by atoms with Crippen molar-refractivity contribution in [1.82, 2.24) is 5.32 Å². The molecule has 0 aliphatic heterocycles. The highest BCUT2D eigenvalue weighted by atomic mass is 16.4. The molecule has 2 N–H and O–H groups in total. The van der Waals surface area contributed by atoms with E-state index in [2.05, 4.69) is 5.32 Å². The van der Waals surface area contributed by atoms with Crippen molar-refractivity contribution in [2.45, 2.75) is 25.8 Å². The minimum Gasteiger partial charge on any atom is -0.481 e. The molecule has 1 aliphatic carbocycles. The first-order valence-electron chi connectivity index (χ1n) is 3.59. The van der Waals surface area contributed by atoms with E-state index in [4.69, 9.17) is 5.11 Å². The molecule has 11 heavy (non-hydrogen) atoms. The van der Waals surface area contributed by atoms with Crippen molar-refractivity contribution in [3.05, 3.63) is 0 Å². The van der Waals surface area contributed by atoms with Crippen LogP contribution in [0.15, 0.2) is 0 Å². The van der Waals surface area contributed by atoms with Crippen LogP contribution in [0, 0.1) is 5.92 Å².